The van der Waals surface area contributed by atoms with Crippen LogP contribution in [-0.2, 0) is 4.74 Å². The van der Waals surface area contributed by atoms with Crippen molar-refractivity contribution in [3.05, 3.63) is 11.0 Å². The Bertz CT molecular complexity index is 280. The minimum absolute atomic E-state index is 0.537. The molecule has 0 aromatic carbocycles. The summed E-state index contributed by atoms with van der Waals surface area (Å²) < 4.78 is 5.50. The molecule has 1 fully saturated rings. The summed E-state index contributed by atoms with van der Waals surface area (Å²) in [4.78, 5) is 5.97. The quantitative estimate of drug-likeness (QED) is 0.762. The topological polar surface area (TPSA) is 21.6 Å². The number of thioether (sulfide) groups is 1. The van der Waals surface area contributed by atoms with E-state index in [2.05, 4.69) is 23.5 Å². The number of hydrogen-bond donors (Lipinski definition) is 0. The van der Waals surface area contributed by atoms with E-state index >= 15 is 0 Å². The van der Waals surface area contributed by atoms with E-state index in [-0.39, 0.29) is 0 Å². The molecule has 2 unspecified atom stereocenters. The zero-order valence-electron chi connectivity index (χ0n) is 10.7. The van der Waals surface area contributed by atoms with Crippen molar-refractivity contribution in [2.24, 2.45) is 10.9 Å². The van der Waals surface area contributed by atoms with E-state index in [0.29, 0.717) is 6.04 Å². The highest BCUT2D eigenvalue weighted by Gasteiger charge is 2.16. The van der Waals surface area contributed by atoms with Gasteiger partial charge in [0.05, 0.1) is 6.04 Å². The van der Waals surface area contributed by atoms with Crippen LogP contribution in [0.2, 0.25) is 0 Å². The van der Waals surface area contributed by atoms with Crippen LogP contribution >= 0.6 is 11.8 Å². The van der Waals surface area contributed by atoms with Gasteiger partial charge in [-0.2, -0.15) is 0 Å². The Kier molecular flexibility index (Phi) is 5.59. The molecule has 3 heteroatoms. The molecule has 0 spiro atoms. The predicted octanol–water partition coefficient (Wildman–Crippen LogP) is 3.67. The maximum atomic E-state index is 5.50. The molecule has 1 saturated heterocycles. The summed E-state index contributed by atoms with van der Waals surface area (Å²) in [6.07, 6.45) is 14.1. The Balaban J connectivity index is 1.68. The van der Waals surface area contributed by atoms with Crippen LogP contribution in [0.5, 0.6) is 0 Å². The molecule has 2 atom stereocenters. The van der Waals surface area contributed by atoms with Crippen molar-refractivity contribution in [1.29, 1.82) is 0 Å². The molecule has 2 heterocycles. The van der Waals surface area contributed by atoms with Crippen LogP contribution in [0.4, 0.5) is 0 Å². The SMILES string of the molecule is CSC1=CCC(CCC2CCCOCC2)N=C1. The fourth-order valence-corrected chi connectivity index (χ4v) is 2.99. The van der Waals surface area contributed by atoms with Crippen LogP contribution in [0.15, 0.2) is 16.0 Å². The molecule has 96 valence electrons. The highest BCUT2D eigenvalue weighted by molar-refractivity contribution is 8.03. The van der Waals surface area contributed by atoms with Gasteiger partial charge in [0.2, 0.25) is 0 Å². The number of hydrogen-bond acceptors (Lipinski definition) is 3. The highest BCUT2D eigenvalue weighted by atomic mass is 32.2. The number of aliphatic imine (C=N–C) groups is 1. The summed E-state index contributed by atoms with van der Waals surface area (Å²) in [6.45, 7) is 1.94. The van der Waals surface area contributed by atoms with E-state index in [1.54, 1.807) is 11.8 Å². The van der Waals surface area contributed by atoms with E-state index in [1.165, 1.54) is 37.0 Å². The Morgan fingerprint density at radius 3 is 3.06 bits per heavy atom. The molecule has 2 rings (SSSR count). The Morgan fingerprint density at radius 2 is 2.29 bits per heavy atom. The molecule has 0 radical (unpaired) electrons. The van der Waals surface area contributed by atoms with Gasteiger partial charge >= 0.3 is 0 Å². The van der Waals surface area contributed by atoms with Crippen molar-refractivity contribution in [3.8, 4) is 0 Å². The summed E-state index contributed by atoms with van der Waals surface area (Å²) in [5.74, 6) is 0.874. The molecular formula is C14H23NOS. The standard InChI is InChI=1S/C14H23NOS/c1-17-14-7-6-13(15-11-14)5-4-12-3-2-9-16-10-8-12/h7,11-13H,2-6,8-10H2,1H3. The Labute approximate surface area is 109 Å². The fourth-order valence-electron chi connectivity index (χ4n) is 2.56. The largest absolute Gasteiger partial charge is 0.381 e. The zero-order valence-corrected chi connectivity index (χ0v) is 11.5. The maximum Gasteiger partial charge on any atom is 0.0535 e. The van der Waals surface area contributed by atoms with Gasteiger partial charge in [0.15, 0.2) is 0 Å². The van der Waals surface area contributed by atoms with Gasteiger partial charge in [-0.05, 0) is 50.7 Å². The van der Waals surface area contributed by atoms with Crippen LogP contribution in [0, 0.1) is 5.92 Å². The van der Waals surface area contributed by atoms with Gasteiger partial charge in [-0.15, -0.1) is 11.8 Å². The normalized spacial score (nSPS) is 29.8. The Hall–Kier alpha value is -0.280. The molecule has 0 amide bonds. The number of allylic oxidation sites excluding steroid dienone is 1. The second-order valence-corrected chi connectivity index (χ2v) is 5.84. The van der Waals surface area contributed by atoms with Crippen molar-refractivity contribution in [3.63, 3.8) is 0 Å². The first-order chi connectivity index (χ1) is 8.38. The maximum absolute atomic E-state index is 5.50. The van der Waals surface area contributed by atoms with Gasteiger partial charge in [-0.1, -0.05) is 6.08 Å². The molecule has 0 aliphatic carbocycles. The third-order valence-electron chi connectivity index (χ3n) is 3.72. The van der Waals surface area contributed by atoms with E-state index in [1.807, 2.05) is 0 Å². The second kappa shape index (κ2) is 7.22. The van der Waals surface area contributed by atoms with Crippen molar-refractivity contribution in [1.82, 2.24) is 0 Å². The second-order valence-electron chi connectivity index (χ2n) is 4.96. The average molecular weight is 253 g/mol. The summed E-state index contributed by atoms with van der Waals surface area (Å²) in [7, 11) is 0. The van der Waals surface area contributed by atoms with Crippen LogP contribution < -0.4 is 0 Å². The molecule has 17 heavy (non-hydrogen) atoms. The molecule has 0 bridgehead atoms. The molecule has 0 N–H and O–H groups in total. The van der Waals surface area contributed by atoms with E-state index in [0.717, 1.165) is 25.6 Å². The summed E-state index contributed by atoms with van der Waals surface area (Å²) in [5, 5.41) is 0. The molecule has 2 nitrogen and oxygen atoms in total. The summed E-state index contributed by atoms with van der Waals surface area (Å²) >= 11 is 1.79. The van der Waals surface area contributed by atoms with Crippen molar-refractivity contribution in [2.75, 3.05) is 19.5 Å². The number of nitrogens with zero attached hydrogens (tertiary/aromatic N) is 1. The van der Waals surface area contributed by atoms with Crippen molar-refractivity contribution in [2.45, 2.75) is 44.6 Å². The third-order valence-corrected chi connectivity index (χ3v) is 4.46. The molecule has 0 saturated carbocycles. The van der Waals surface area contributed by atoms with Gasteiger partial charge in [-0.3, -0.25) is 4.99 Å². The first kappa shape index (κ1) is 13.2. The van der Waals surface area contributed by atoms with E-state index < -0.39 is 0 Å². The van der Waals surface area contributed by atoms with Gasteiger partial charge in [0.1, 0.15) is 0 Å². The molecular weight excluding hydrogens is 230 g/mol. The lowest BCUT2D eigenvalue weighted by Gasteiger charge is -2.18. The molecule has 2 aliphatic heterocycles. The fraction of sp³-hybridized carbons (Fsp3) is 0.786. The van der Waals surface area contributed by atoms with E-state index in [9.17, 15) is 0 Å². The minimum atomic E-state index is 0.537. The van der Waals surface area contributed by atoms with Crippen LogP contribution in [0.1, 0.15) is 38.5 Å². The predicted molar refractivity (Wildman–Crippen MR) is 75.9 cm³/mol. The first-order valence-electron chi connectivity index (χ1n) is 6.73. The third kappa shape index (κ3) is 4.47. The lowest BCUT2D eigenvalue weighted by atomic mass is 9.92. The number of rotatable bonds is 4. The number of dihydropyridines is 1. The Morgan fingerprint density at radius 1 is 1.35 bits per heavy atom. The minimum Gasteiger partial charge on any atom is -0.381 e. The highest BCUT2D eigenvalue weighted by Crippen LogP contribution is 2.25. The van der Waals surface area contributed by atoms with Gasteiger partial charge in [0.25, 0.3) is 0 Å². The van der Waals surface area contributed by atoms with Crippen LogP contribution in [0.3, 0.4) is 0 Å². The monoisotopic (exact) mass is 253 g/mol. The molecule has 0 aromatic heterocycles. The molecule has 0 aromatic rings. The summed E-state index contributed by atoms with van der Waals surface area (Å²) in [6, 6.07) is 0.537. The van der Waals surface area contributed by atoms with Crippen LogP contribution in [-0.4, -0.2) is 31.7 Å². The molecule has 2 aliphatic rings. The smallest absolute Gasteiger partial charge is 0.0535 e. The van der Waals surface area contributed by atoms with E-state index in [4.69, 9.17) is 4.74 Å². The van der Waals surface area contributed by atoms with Gasteiger partial charge in [-0.25, -0.2) is 0 Å². The van der Waals surface area contributed by atoms with Crippen LogP contribution in [0.25, 0.3) is 0 Å². The number of ether oxygens (including phenoxy) is 1. The zero-order chi connectivity index (χ0) is 11.9. The van der Waals surface area contributed by atoms with Crippen molar-refractivity contribution >= 4 is 18.0 Å². The van der Waals surface area contributed by atoms with Crippen molar-refractivity contribution < 1.29 is 4.74 Å². The first-order valence-corrected chi connectivity index (χ1v) is 7.96. The average Bonchev–Trinajstić information content (AvgIpc) is 2.65. The lowest BCUT2D eigenvalue weighted by molar-refractivity contribution is 0.141. The summed E-state index contributed by atoms with van der Waals surface area (Å²) in [5.41, 5.74) is 0. The van der Waals surface area contributed by atoms with Gasteiger partial charge in [0, 0.05) is 24.3 Å². The van der Waals surface area contributed by atoms with Gasteiger partial charge < -0.3 is 4.74 Å². The lowest BCUT2D eigenvalue weighted by Crippen LogP contribution is -2.11.